The number of esters is 2. The number of hydrogen-bond acceptors (Lipinski definition) is 11. The van der Waals surface area contributed by atoms with Gasteiger partial charge in [0.1, 0.15) is 45.4 Å². The van der Waals surface area contributed by atoms with Crippen LogP contribution in [-0.2, 0) is 30.3 Å². The van der Waals surface area contributed by atoms with Crippen LogP contribution in [0.3, 0.4) is 0 Å². The van der Waals surface area contributed by atoms with Crippen LogP contribution in [0.15, 0.2) is 89.9 Å². The van der Waals surface area contributed by atoms with Crippen LogP contribution in [0.2, 0.25) is 20.1 Å². The van der Waals surface area contributed by atoms with E-state index in [0.717, 1.165) is 17.5 Å². The molecule has 64 heavy (non-hydrogen) atoms. The average molecular weight is 991 g/mol. The first-order chi connectivity index (χ1) is 30.3. The molecule has 340 valence electrons. The number of rotatable bonds is 14. The van der Waals surface area contributed by atoms with Gasteiger partial charge in [-0.2, -0.15) is 13.5 Å². The third kappa shape index (κ3) is 13.9. The van der Waals surface area contributed by atoms with Crippen LogP contribution in [0.1, 0.15) is 31.8 Å². The highest BCUT2D eigenvalue weighted by Gasteiger charge is 2.24. The van der Waals surface area contributed by atoms with E-state index < -0.39 is 54.1 Å². The number of methoxy groups -OCH3 is 1. The van der Waals surface area contributed by atoms with E-state index in [2.05, 4.69) is 14.8 Å². The molecule has 0 aliphatic carbocycles. The zero-order valence-electron chi connectivity index (χ0n) is 33.9. The molecule has 0 amide bonds. The molecule has 22 heteroatoms. The first kappa shape index (κ1) is 50.9. The van der Waals surface area contributed by atoms with E-state index in [9.17, 15) is 32.3 Å². The summed E-state index contributed by atoms with van der Waals surface area (Å²) in [5, 5.41) is 13.3. The lowest BCUT2D eigenvalue weighted by atomic mass is 10.1. The van der Waals surface area contributed by atoms with Crippen molar-refractivity contribution < 1.29 is 56.3 Å². The van der Waals surface area contributed by atoms with Gasteiger partial charge in [-0.3, -0.25) is 9.78 Å². The third-order valence-corrected chi connectivity index (χ3v) is 9.83. The van der Waals surface area contributed by atoms with Crippen molar-refractivity contribution in [2.75, 3.05) is 20.3 Å². The van der Waals surface area contributed by atoms with E-state index in [1.165, 1.54) is 14.0 Å². The predicted octanol–water partition coefficient (Wildman–Crippen LogP) is 10.3. The fraction of sp³-hybridized carbons (Fsp3) is 0.238. The molecule has 0 bridgehead atoms. The van der Waals surface area contributed by atoms with Crippen LogP contribution >= 0.6 is 58.0 Å². The predicted molar refractivity (Wildman–Crippen MR) is 234 cm³/mol. The molecule has 0 fully saturated rings. The molecule has 0 aliphatic rings. The SMILES string of the molecule is CCOC(=O)C(Cl)Cc1cc(-n2nc(C)n(C(F)F)c2=O)c(F)cc1Cl.COC(=O)C(C)Oc1ccc(Oc2ccc(Cl)cc2Cl)cc1.O=C(O)COc1ccc(Cl)c2cccnc12. The summed E-state index contributed by atoms with van der Waals surface area (Å²) in [5.74, 6) is -1.34. The minimum absolute atomic E-state index is 0.0424. The monoisotopic (exact) mass is 988 g/mol. The number of benzene rings is 4. The van der Waals surface area contributed by atoms with Gasteiger partial charge in [0, 0.05) is 28.0 Å². The normalized spacial score (nSPS) is 11.6. The van der Waals surface area contributed by atoms with Crippen molar-refractivity contribution in [3.8, 4) is 28.7 Å². The molecule has 2 atom stereocenters. The number of carboxylic acid groups (broad SMARTS) is 1. The van der Waals surface area contributed by atoms with Crippen molar-refractivity contribution in [3.05, 3.63) is 133 Å². The number of alkyl halides is 3. The van der Waals surface area contributed by atoms with Gasteiger partial charge in [-0.15, -0.1) is 16.7 Å². The van der Waals surface area contributed by atoms with Crippen LogP contribution in [0.5, 0.6) is 23.0 Å². The maximum absolute atomic E-state index is 14.2. The number of aromatic nitrogens is 4. The van der Waals surface area contributed by atoms with Gasteiger partial charge in [0.05, 0.1) is 23.8 Å². The van der Waals surface area contributed by atoms with Crippen molar-refractivity contribution in [1.29, 1.82) is 0 Å². The standard InChI is InChI=1S/C16H14Cl2O4.C15H14Cl2F3N3O3.C11H8ClNO3/c1-10(16(19)20-2)21-12-4-6-13(7-5-12)22-15-8-3-11(17)9-14(15)18;1-3-26-13(24)10(17)4-8-5-12(11(18)6-9(8)16)23-15(25)22(14(19)20)7(2)21-23;12-8-3-4-9(16-6-10(14)15)11-7(8)2-1-5-13-11/h3-10H,1-2H3;5-6,10,14H,3-4H2,1-2H3;1-5H,6H2,(H,14,15). The Bertz CT molecular complexity index is 2650. The fourth-order valence-electron chi connectivity index (χ4n) is 5.32. The number of ether oxygens (including phenoxy) is 5. The summed E-state index contributed by atoms with van der Waals surface area (Å²) >= 11 is 29.8. The minimum atomic E-state index is -3.12. The highest BCUT2D eigenvalue weighted by Crippen LogP contribution is 2.33. The summed E-state index contributed by atoms with van der Waals surface area (Å²) < 4.78 is 66.3. The van der Waals surface area contributed by atoms with Gasteiger partial charge in [0.25, 0.3) is 0 Å². The Labute approximate surface area is 387 Å². The van der Waals surface area contributed by atoms with Crippen LogP contribution in [0.25, 0.3) is 16.6 Å². The molecule has 0 spiro atoms. The Balaban J connectivity index is 0.000000216. The summed E-state index contributed by atoms with van der Waals surface area (Å²) in [6.07, 6.45) is 0.810. The van der Waals surface area contributed by atoms with E-state index in [1.54, 1.807) is 86.8 Å². The van der Waals surface area contributed by atoms with Crippen molar-refractivity contribution in [3.63, 3.8) is 0 Å². The van der Waals surface area contributed by atoms with Gasteiger partial charge in [0.15, 0.2) is 18.5 Å². The average Bonchev–Trinajstić information content (AvgIpc) is 3.56. The summed E-state index contributed by atoms with van der Waals surface area (Å²) in [5.41, 5.74) is -0.800. The number of halogens is 8. The van der Waals surface area contributed by atoms with Crippen LogP contribution in [-0.4, -0.2) is 74.2 Å². The number of hydrogen-bond donors (Lipinski definition) is 1. The zero-order valence-corrected chi connectivity index (χ0v) is 37.6. The first-order valence-corrected chi connectivity index (χ1v) is 20.4. The maximum Gasteiger partial charge on any atom is 0.355 e. The van der Waals surface area contributed by atoms with Gasteiger partial charge in [-0.1, -0.05) is 46.4 Å². The number of pyridine rings is 1. The molecule has 2 heterocycles. The van der Waals surface area contributed by atoms with Gasteiger partial charge < -0.3 is 28.8 Å². The molecule has 4 aromatic carbocycles. The molecule has 0 saturated carbocycles. The number of aliphatic carboxylic acids is 1. The molecule has 0 saturated heterocycles. The molecule has 0 radical (unpaired) electrons. The molecule has 2 aromatic heterocycles. The number of fused-ring (bicyclic) bond motifs is 1. The molecule has 2 unspecified atom stereocenters. The Morgan fingerprint density at radius 3 is 2.16 bits per heavy atom. The lowest BCUT2D eigenvalue weighted by molar-refractivity contribution is -0.148. The quantitative estimate of drug-likeness (QED) is 0.0811. The summed E-state index contributed by atoms with van der Waals surface area (Å²) in [6, 6.07) is 20.7. The Morgan fingerprint density at radius 2 is 1.55 bits per heavy atom. The van der Waals surface area contributed by atoms with E-state index in [-0.39, 0.29) is 39.7 Å². The van der Waals surface area contributed by atoms with Crippen molar-refractivity contribution in [2.45, 2.75) is 45.2 Å². The number of aryl methyl sites for hydroxylation is 1. The van der Waals surface area contributed by atoms with Gasteiger partial charge in [0.2, 0.25) is 0 Å². The fourth-order valence-corrected chi connectivity index (χ4v) is 6.44. The van der Waals surface area contributed by atoms with Crippen LogP contribution < -0.4 is 19.9 Å². The second kappa shape index (κ2) is 23.8. The Kier molecular flexibility index (Phi) is 18.9. The molecule has 14 nitrogen and oxygen atoms in total. The molecule has 6 aromatic rings. The lowest BCUT2D eigenvalue weighted by Crippen LogP contribution is -2.25. The highest BCUT2D eigenvalue weighted by molar-refractivity contribution is 6.36. The van der Waals surface area contributed by atoms with Crippen molar-refractivity contribution in [2.24, 2.45) is 0 Å². The molecule has 0 aliphatic heterocycles. The van der Waals surface area contributed by atoms with Crippen LogP contribution in [0, 0.1) is 12.7 Å². The van der Waals surface area contributed by atoms with Crippen molar-refractivity contribution in [1.82, 2.24) is 19.3 Å². The number of carboxylic acids is 1. The second-order valence-corrected chi connectivity index (χ2v) is 15.0. The van der Waals surface area contributed by atoms with Crippen LogP contribution in [0.4, 0.5) is 13.2 Å². The van der Waals surface area contributed by atoms with E-state index >= 15 is 0 Å². The third-order valence-electron chi connectivity index (χ3n) is 8.28. The summed E-state index contributed by atoms with van der Waals surface area (Å²) in [6.45, 7) is 1.02. The zero-order chi connectivity index (χ0) is 47.2. The minimum Gasteiger partial charge on any atom is -0.480 e. The highest BCUT2D eigenvalue weighted by atomic mass is 35.5. The first-order valence-electron chi connectivity index (χ1n) is 18.5. The molecule has 1 N–H and O–H groups in total. The van der Waals surface area contributed by atoms with E-state index in [4.69, 9.17) is 82.1 Å². The number of carbonyl (C=O) groups excluding carboxylic acids is 2. The van der Waals surface area contributed by atoms with Gasteiger partial charge >= 0.3 is 30.1 Å². The molecular weight excluding hydrogens is 955 g/mol. The van der Waals surface area contributed by atoms with E-state index in [1.807, 2.05) is 0 Å². The number of carbonyl (C=O) groups is 3. The summed E-state index contributed by atoms with van der Waals surface area (Å²) in [7, 11) is 1.31. The lowest BCUT2D eigenvalue weighted by Gasteiger charge is -2.13. The van der Waals surface area contributed by atoms with Gasteiger partial charge in [-0.05, 0) is 105 Å². The van der Waals surface area contributed by atoms with E-state index in [0.29, 0.717) is 48.3 Å². The smallest absolute Gasteiger partial charge is 0.355 e. The largest absolute Gasteiger partial charge is 0.480 e. The Morgan fingerprint density at radius 1 is 0.875 bits per heavy atom. The molecule has 6 rings (SSSR count). The maximum atomic E-state index is 14.2. The Hall–Kier alpha value is -5.72. The second-order valence-electron chi connectivity index (χ2n) is 12.8. The number of nitrogens with zero attached hydrogens (tertiary/aromatic N) is 4. The molecular formula is C42H36Cl5F3N4O10. The van der Waals surface area contributed by atoms with Crippen molar-refractivity contribution >= 4 is 86.8 Å². The topological polar surface area (TPSA) is 170 Å². The summed E-state index contributed by atoms with van der Waals surface area (Å²) in [4.78, 5) is 49.5. The van der Waals surface area contributed by atoms with Gasteiger partial charge in [-0.25, -0.2) is 23.3 Å².